The van der Waals surface area contributed by atoms with Crippen molar-refractivity contribution < 1.29 is 0 Å². The lowest BCUT2D eigenvalue weighted by Crippen LogP contribution is -2.35. The van der Waals surface area contributed by atoms with Crippen LogP contribution in [0.3, 0.4) is 0 Å². The quantitative estimate of drug-likeness (QED) is 0.698. The molecule has 3 nitrogen and oxygen atoms in total. The summed E-state index contributed by atoms with van der Waals surface area (Å²) < 4.78 is 0. The van der Waals surface area contributed by atoms with Crippen LogP contribution in [0.2, 0.25) is 0 Å². The van der Waals surface area contributed by atoms with E-state index in [0.29, 0.717) is 5.82 Å². The van der Waals surface area contributed by atoms with E-state index in [1.165, 1.54) is 22.4 Å². The van der Waals surface area contributed by atoms with E-state index in [0.717, 1.165) is 0 Å². The highest BCUT2D eigenvalue weighted by molar-refractivity contribution is 5.66. The Kier molecular flexibility index (Phi) is 3.04. The summed E-state index contributed by atoms with van der Waals surface area (Å²) >= 11 is 0. The molecule has 2 rings (SSSR count). The normalized spacial score (nSPS) is 18.9. The van der Waals surface area contributed by atoms with Gasteiger partial charge < -0.3 is 9.74 Å². The fraction of sp³-hybridized carbons (Fsp3) is 0.400. The molecule has 0 unspecified atom stereocenters. The highest BCUT2D eigenvalue weighted by atomic mass is 15.4. The summed E-state index contributed by atoms with van der Waals surface area (Å²) in [4.78, 5) is 7.84. The zero-order valence-corrected chi connectivity index (χ0v) is 11.7. The molecule has 0 fully saturated rings. The average molecular weight is 241 g/mol. The van der Waals surface area contributed by atoms with Gasteiger partial charge in [0.1, 0.15) is 5.69 Å². The maximum absolute atomic E-state index is 7.33. The van der Waals surface area contributed by atoms with Crippen LogP contribution in [0.25, 0.3) is 4.85 Å². The molecule has 0 aromatic heterocycles. The Morgan fingerprint density at radius 1 is 1.17 bits per heavy atom. The van der Waals surface area contributed by atoms with E-state index < -0.39 is 0 Å². The maximum Gasteiger partial charge on any atom is 0.247 e. The van der Waals surface area contributed by atoms with E-state index in [1.807, 2.05) is 13.2 Å². The van der Waals surface area contributed by atoms with Crippen LogP contribution in [-0.2, 0) is 0 Å². The van der Waals surface area contributed by atoms with Gasteiger partial charge in [0.2, 0.25) is 5.82 Å². The monoisotopic (exact) mass is 241 g/mol. The van der Waals surface area contributed by atoms with Crippen LogP contribution in [0.1, 0.15) is 23.6 Å². The van der Waals surface area contributed by atoms with Gasteiger partial charge in [0.25, 0.3) is 0 Å². The third kappa shape index (κ3) is 1.84. The second-order valence-corrected chi connectivity index (χ2v) is 5.01. The maximum atomic E-state index is 7.33. The average Bonchev–Trinajstić information content (AvgIpc) is 2.55. The second kappa shape index (κ2) is 4.38. The van der Waals surface area contributed by atoms with E-state index >= 15 is 0 Å². The molecule has 94 valence electrons. The molecule has 0 amide bonds. The van der Waals surface area contributed by atoms with Gasteiger partial charge in [0.15, 0.2) is 6.17 Å². The van der Waals surface area contributed by atoms with Gasteiger partial charge in [0, 0.05) is 13.2 Å². The summed E-state index contributed by atoms with van der Waals surface area (Å²) in [5.41, 5.74) is 4.88. The zero-order chi connectivity index (χ0) is 13.4. The molecule has 1 heterocycles. The van der Waals surface area contributed by atoms with Gasteiger partial charge in [-0.3, -0.25) is 4.90 Å². The van der Waals surface area contributed by atoms with Crippen molar-refractivity contribution in [1.29, 1.82) is 0 Å². The van der Waals surface area contributed by atoms with Crippen molar-refractivity contribution in [2.24, 2.45) is 0 Å². The molecule has 0 N–H and O–H groups in total. The number of hydrogen-bond acceptors (Lipinski definition) is 2. The first-order chi connectivity index (χ1) is 8.45. The molecule has 0 aliphatic carbocycles. The van der Waals surface area contributed by atoms with Gasteiger partial charge in [-0.2, -0.15) is 0 Å². The van der Waals surface area contributed by atoms with Crippen molar-refractivity contribution in [3.05, 3.63) is 52.3 Å². The molecule has 18 heavy (non-hydrogen) atoms. The van der Waals surface area contributed by atoms with Gasteiger partial charge in [-0.25, -0.2) is 0 Å². The molecule has 0 radical (unpaired) electrons. The lowest BCUT2D eigenvalue weighted by molar-refractivity contribution is 0.382. The van der Waals surface area contributed by atoms with Crippen molar-refractivity contribution in [1.82, 2.24) is 4.90 Å². The number of rotatable bonds is 1. The number of anilines is 1. The first-order valence-electron chi connectivity index (χ1n) is 6.14. The van der Waals surface area contributed by atoms with Crippen molar-refractivity contribution in [3.63, 3.8) is 0 Å². The minimum atomic E-state index is 0.189. The van der Waals surface area contributed by atoms with Crippen LogP contribution in [0.15, 0.2) is 24.2 Å². The summed E-state index contributed by atoms with van der Waals surface area (Å²) in [5.74, 6) is 0.694. The molecule has 3 heteroatoms. The van der Waals surface area contributed by atoms with E-state index in [1.54, 1.807) is 0 Å². The summed E-state index contributed by atoms with van der Waals surface area (Å²) in [5, 5.41) is 0. The van der Waals surface area contributed by atoms with Crippen molar-refractivity contribution >= 4 is 5.69 Å². The van der Waals surface area contributed by atoms with Crippen molar-refractivity contribution in [2.75, 3.05) is 11.9 Å². The molecule has 1 aliphatic rings. The van der Waals surface area contributed by atoms with E-state index in [2.05, 4.69) is 54.5 Å². The molecule has 0 bridgehead atoms. The largest absolute Gasteiger partial charge is 0.363 e. The Bertz CT molecular complexity index is 528. The molecule has 1 aliphatic heterocycles. The molecule has 0 spiro atoms. The molecular formula is C15H19N3. The standard InChI is InChI=1S/C15H19N3/c1-10-7-11(2)15(12(3)8-10)18-13(4)17(6)9-14(18)16-5/h7-9,13H,1-4,6H3/t13-/m0/s1. The SMILES string of the molecule is [C-]#[N+]C1=CN(C)[C@H](C)N1c1c(C)cc(C)cc1C. The molecule has 1 atom stereocenters. The lowest BCUT2D eigenvalue weighted by Gasteiger charge is -2.27. The van der Waals surface area contributed by atoms with E-state index in [9.17, 15) is 0 Å². The van der Waals surface area contributed by atoms with Gasteiger partial charge in [-0.05, 0) is 38.8 Å². The number of aryl methyl sites for hydroxylation is 3. The summed E-state index contributed by atoms with van der Waals surface area (Å²) in [6, 6.07) is 4.35. The highest BCUT2D eigenvalue weighted by Crippen LogP contribution is 2.35. The molecule has 0 saturated heterocycles. The Labute approximate surface area is 109 Å². The summed E-state index contributed by atoms with van der Waals surface area (Å²) in [6.45, 7) is 15.8. The van der Waals surface area contributed by atoms with Crippen molar-refractivity contribution in [2.45, 2.75) is 33.9 Å². The number of nitrogens with zero attached hydrogens (tertiary/aromatic N) is 3. The van der Waals surface area contributed by atoms with E-state index in [-0.39, 0.29) is 6.17 Å². The number of benzene rings is 1. The minimum absolute atomic E-state index is 0.189. The zero-order valence-electron chi connectivity index (χ0n) is 11.7. The topological polar surface area (TPSA) is 10.8 Å². The Balaban J connectivity index is 2.56. The van der Waals surface area contributed by atoms with Crippen LogP contribution in [-0.4, -0.2) is 18.1 Å². The lowest BCUT2D eigenvalue weighted by atomic mass is 10.0. The molecule has 1 aromatic carbocycles. The molecule has 0 saturated carbocycles. The van der Waals surface area contributed by atoms with Crippen LogP contribution >= 0.6 is 0 Å². The van der Waals surface area contributed by atoms with Crippen LogP contribution < -0.4 is 4.90 Å². The smallest absolute Gasteiger partial charge is 0.247 e. The number of hydrogen-bond donors (Lipinski definition) is 0. The fourth-order valence-corrected chi connectivity index (χ4v) is 2.66. The predicted molar refractivity (Wildman–Crippen MR) is 75.0 cm³/mol. The highest BCUT2D eigenvalue weighted by Gasteiger charge is 2.32. The molecular weight excluding hydrogens is 222 g/mol. The summed E-state index contributed by atoms with van der Waals surface area (Å²) in [7, 11) is 2.01. The van der Waals surface area contributed by atoms with Gasteiger partial charge in [0.05, 0.1) is 0 Å². The first-order valence-corrected chi connectivity index (χ1v) is 6.14. The Morgan fingerprint density at radius 3 is 2.22 bits per heavy atom. The Hall–Kier alpha value is -1.95. The fourth-order valence-electron chi connectivity index (χ4n) is 2.66. The third-order valence-corrected chi connectivity index (χ3v) is 3.52. The first kappa shape index (κ1) is 12.5. The molecule has 1 aromatic rings. The predicted octanol–water partition coefficient (Wildman–Crippen LogP) is 3.43. The van der Waals surface area contributed by atoms with Gasteiger partial charge in [-0.1, -0.05) is 24.3 Å². The van der Waals surface area contributed by atoms with Crippen LogP contribution in [0.4, 0.5) is 5.69 Å². The van der Waals surface area contributed by atoms with Crippen LogP contribution in [0.5, 0.6) is 0 Å². The Morgan fingerprint density at radius 2 is 1.72 bits per heavy atom. The summed E-state index contributed by atoms with van der Waals surface area (Å²) in [6.07, 6.45) is 2.10. The van der Waals surface area contributed by atoms with Gasteiger partial charge >= 0.3 is 0 Å². The second-order valence-electron chi connectivity index (χ2n) is 5.01. The van der Waals surface area contributed by atoms with Crippen LogP contribution in [0, 0.1) is 27.3 Å². The van der Waals surface area contributed by atoms with Gasteiger partial charge in [-0.15, -0.1) is 0 Å². The van der Waals surface area contributed by atoms with E-state index in [4.69, 9.17) is 6.57 Å². The van der Waals surface area contributed by atoms with Crippen molar-refractivity contribution in [3.8, 4) is 0 Å². The third-order valence-electron chi connectivity index (χ3n) is 3.52. The minimum Gasteiger partial charge on any atom is -0.363 e.